The molecule has 1 saturated carbocycles. The SMILES string of the molecule is CCCOc1ncnc(NC2CCC(C)C(C)C2)c1N. The van der Waals surface area contributed by atoms with Crippen LogP contribution in [-0.2, 0) is 0 Å². The molecule has 3 atom stereocenters. The minimum absolute atomic E-state index is 0.442. The summed E-state index contributed by atoms with van der Waals surface area (Å²) in [5, 5.41) is 3.46. The number of anilines is 2. The molecule has 0 radical (unpaired) electrons. The molecule has 5 nitrogen and oxygen atoms in total. The molecule has 0 aliphatic heterocycles. The first kappa shape index (κ1) is 14.9. The molecule has 0 saturated heterocycles. The summed E-state index contributed by atoms with van der Waals surface area (Å²) >= 11 is 0. The predicted octanol–water partition coefficient (Wildman–Crippen LogP) is 3.08. The zero-order valence-corrected chi connectivity index (χ0v) is 12.7. The fourth-order valence-corrected chi connectivity index (χ4v) is 2.68. The summed E-state index contributed by atoms with van der Waals surface area (Å²) in [6.07, 6.45) is 6.03. The third-order valence-electron chi connectivity index (χ3n) is 4.23. The number of ether oxygens (including phenoxy) is 1. The van der Waals surface area contributed by atoms with Crippen molar-refractivity contribution in [3.8, 4) is 5.88 Å². The second kappa shape index (κ2) is 6.77. The molecular formula is C15H26N4O. The van der Waals surface area contributed by atoms with Crippen LogP contribution in [0.2, 0.25) is 0 Å². The van der Waals surface area contributed by atoms with Crippen molar-refractivity contribution in [2.24, 2.45) is 11.8 Å². The first-order chi connectivity index (χ1) is 9.61. The molecule has 0 amide bonds. The van der Waals surface area contributed by atoms with Crippen molar-refractivity contribution in [1.29, 1.82) is 0 Å². The van der Waals surface area contributed by atoms with Gasteiger partial charge in [-0.3, -0.25) is 0 Å². The highest BCUT2D eigenvalue weighted by Gasteiger charge is 2.25. The van der Waals surface area contributed by atoms with Crippen molar-refractivity contribution in [1.82, 2.24) is 9.97 Å². The average Bonchev–Trinajstić information content (AvgIpc) is 2.44. The lowest BCUT2D eigenvalue weighted by Crippen LogP contribution is -2.31. The van der Waals surface area contributed by atoms with Gasteiger partial charge in [0.25, 0.3) is 0 Å². The summed E-state index contributed by atoms with van der Waals surface area (Å²) in [5.74, 6) is 2.74. The second-order valence-corrected chi connectivity index (χ2v) is 5.90. The number of rotatable bonds is 5. The molecule has 1 aliphatic carbocycles. The Kier molecular flexibility index (Phi) is 5.04. The summed E-state index contributed by atoms with van der Waals surface area (Å²) in [7, 11) is 0. The largest absolute Gasteiger partial charge is 0.476 e. The smallest absolute Gasteiger partial charge is 0.242 e. The number of nitrogens with two attached hydrogens (primary N) is 1. The summed E-state index contributed by atoms with van der Waals surface area (Å²) in [6.45, 7) is 7.33. The molecular weight excluding hydrogens is 252 g/mol. The van der Waals surface area contributed by atoms with E-state index < -0.39 is 0 Å². The Morgan fingerprint density at radius 1 is 1.30 bits per heavy atom. The predicted molar refractivity (Wildman–Crippen MR) is 81.8 cm³/mol. The van der Waals surface area contributed by atoms with Gasteiger partial charge < -0.3 is 15.8 Å². The van der Waals surface area contributed by atoms with Gasteiger partial charge >= 0.3 is 0 Å². The number of hydrogen-bond acceptors (Lipinski definition) is 5. The molecule has 112 valence electrons. The van der Waals surface area contributed by atoms with E-state index in [0.29, 0.717) is 30.0 Å². The first-order valence-electron chi connectivity index (χ1n) is 7.61. The molecule has 1 heterocycles. The lowest BCUT2D eigenvalue weighted by molar-refractivity contribution is 0.260. The Morgan fingerprint density at radius 3 is 2.80 bits per heavy atom. The Morgan fingerprint density at radius 2 is 2.10 bits per heavy atom. The van der Waals surface area contributed by atoms with Crippen molar-refractivity contribution in [3.63, 3.8) is 0 Å². The third kappa shape index (κ3) is 3.52. The zero-order valence-electron chi connectivity index (χ0n) is 12.7. The van der Waals surface area contributed by atoms with E-state index in [1.165, 1.54) is 19.2 Å². The van der Waals surface area contributed by atoms with Gasteiger partial charge in [-0.1, -0.05) is 20.8 Å². The van der Waals surface area contributed by atoms with Crippen LogP contribution in [0.5, 0.6) is 5.88 Å². The number of nitrogens with one attached hydrogen (secondary N) is 1. The second-order valence-electron chi connectivity index (χ2n) is 5.90. The van der Waals surface area contributed by atoms with Gasteiger partial charge in [-0.2, -0.15) is 4.98 Å². The van der Waals surface area contributed by atoms with Crippen LogP contribution in [0.3, 0.4) is 0 Å². The lowest BCUT2D eigenvalue weighted by atomic mass is 9.79. The highest BCUT2D eigenvalue weighted by atomic mass is 16.5. The standard InChI is InChI=1S/C15H26N4O/c1-4-7-20-15-13(16)14(17-9-18-15)19-12-6-5-10(2)11(3)8-12/h9-12H,4-8,16H2,1-3H3,(H,17,18,19). The molecule has 2 rings (SSSR count). The summed E-state index contributed by atoms with van der Waals surface area (Å²) in [4.78, 5) is 8.36. The summed E-state index contributed by atoms with van der Waals surface area (Å²) < 4.78 is 5.54. The molecule has 1 aromatic heterocycles. The Hall–Kier alpha value is -1.52. The van der Waals surface area contributed by atoms with Gasteiger partial charge in [0, 0.05) is 6.04 Å². The lowest BCUT2D eigenvalue weighted by Gasteiger charge is -2.33. The quantitative estimate of drug-likeness (QED) is 0.866. The summed E-state index contributed by atoms with van der Waals surface area (Å²) in [6, 6.07) is 0.442. The maximum absolute atomic E-state index is 6.09. The van der Waals surface area contributed by atoms with Crippen LogP contribution in [0.4, 0.5) is 11.5 Å². The fraction of sp³-hybridized carbons (Fsp3) is 0.733. The first-order valence-corrected chi connectivity index (χ1v) is 7.61. The van der Waals surface area contributed by atoms with Gasteiger partial charge in [0.1, 0.15) is 12.0 Å². The Labute approximate surface area is 121 Å². The normalized spacial score (nSPS) is 26.2. The number of aromatic nitrogens is 2. The number of nitrogen functional groups attached to an aromatic ring is 1. The van der Waals surface area contributed by atoms with E-state index in [-0.39, 0.29) is 0 Å². The van der Waals surface area contributed by atoms with Crippen LogP contribution < -0.4 is 15.8 Å². The van der Waals surface area contributed by atoms with Crippen molar-refractivity contribution in [2.75, 3.05) is 17.7 Å². The minimum atomic E-state index is 0.442. The van der Waals surface area contributed by atoms with Gasteiger partial charge in [0.15, 0.2) is 5.82 Å². The maximum atomic E-state index is 6.09. The third-order valence-corrected chi connectivity index (χ3v) is 4.23. The molecule has 3 unspecified atom stereocenters. The highest BCUT2D eigenvalue weighted by Crippen LogP contribution is 2.32. The molecule has 0 spiro atoms. The molecule has 5 heteroatoms. The molecule has 1 fully saturated rings. The van der Waals surface area contributed by atoms with Crippen molar-refractivity contribution in [3.05, 3.63) is 6.33 Å². The molecule has 3 N–H and O–H groups in total. The van der Waals surface area contributed by atoms with Crippen LogP contribution in [0.15, 0.2) is 6.33 Å². The van der Waals surface area contributed by atoms with Crippen molar-refractivity contribution >= 4 is 11.5 Å². The van der Waals surface area contributed by atoms with Crippen LogP contribution in [0, 0.1) is 11.8 Å². The van der Waals surface area contributed by atoms with E-state index in [2.05, 4.69) is 36.1 Å². The van der Waals surface area contributed by atoms with E-state index in [1.807, 2.05) is 0 Å². The monoisotopic (exact) mass is 278 g/mol. The van der Waals surface area contributed by atoms with Crippen molar-refractivity contribution in [2.45, 2.75) is 52.5 Å². The number of nitrogens with zero attached hydrogens (tertiary/aromatic N) is 2. The van der Waals surface area contributed by atoms with Crippen LogP contribution in [-0.4, -0.2) is 22.6 Å². The topological polar surface area (TPSA) is 73.1 Å². The van der Waals surface area contributed by atoms with Crippen LogP contribution >= 0.6 is 0 Å². The van der Waals surface area contributed by atoms with Gasteiger partial charge in [0.2, 0.25) is 5.88 Å². The van der Waals surface area contributed by atoms with E-state index in [1.54, 1.807) is 0 Å². The molecule has 1 aliphatic rings. The Balaban J connectivity index is 2.02. The van der Waals surface area contributed by atoms with E-state index in [4.69, 9.17) is 10.5 Å². The molecule has 20 heavy (non-hydrogen) atoms. The highest BCUT2D eigenvalue weighted by molar-refractivity contribution is 5.66. The molecule has 1 aromatic rings. The molecule has 0 bridgehead atoms. The average molecular weight is 278 g/mol. The van der Waals surface area contributed by atoms with Crippen LogP contribution in [0.25, 0.3) is 0 Å². The Bertz CT molecular complexity index is 438. The summed E-state index contributed by atoms with van der Waals surface area (Å²) in [5.41, 5.74) is 6.61. The maximum Gasteiger partial charge on any atom is 0.242 e. The fourth-order valence-electron chi connectivity index (χ4n) is 2.68. The zero-order chi connectivity index (χ0) is 14.5. The van der Waals surface area contributed by atoms with E-state index >= 15 is 0 Å². The van der Waals surface area contributed by atoms with E-state index in [9.17, 15) is 0 Å². The van der Waals surface area contributed by atoms with Crippen molar-refractivity contribution < 1.29 is 4.74 Å². The van der Waals surface area contributed by atoms with Gasteiger partial charge in [-0.05, 0) is 37.5 Å². The van der Waals surface area contributed by atoms with E-state index in [0.717, 1.165) is 24.7 Å². The van der Waals surface area contributed by atoms with Crippen LogP contribution in [0.1, 0.15) is 46.5 Å². The van der Waals surface area contributed by atoms with Gasteiger partial charge in [-0.25, -0.2) is 4.98 Å². The van der Waals surface area contributed by atoms with Gasteiger partial charge in [-0.15, -0.1) is 0 Å². The molecule has 0 aromatic carbocycles. The van der Waals surface area contributed by atoms with Gasteiger partial charge in [0.05, 0.1) is 6.61 Å². The number of hydrogen-bond donors (Lipinski definition) is 2. The minimum Gasteiger partial charge on any atom is -0.476 e.